The summed E-state index contributed by atoms with van der Waals surface area (Å²) >= 11 is 0. The second-order valence-electron chi connectivity index (χ2n) is 5.54. The van der Waals surface area contributed by atoms with Gasteiger partial charge in [-0.1, -0.05) is 18.2 Å². The number of ether oxygens (including phenoxy) is 1. The van der Waals surface area contributed by atoms with Crippen LogP contribution in [0, 0.1) is 5.82 Å². The number of aromatic nitrogens is 1. The van der Waals surface area contributed by atoms with Crippen LogP contribution in [-0.2, 0) is 0 Å². The zero-order chi connectivity index (χ0) is 15.7. The normalized spacial score (nSPS) is 12.8. The van der Waals surface area contributed by atoms with Crippen LogP contribution in [-0.4, -0.2) is 31.1 Å². The van der Waals surface area contributed by atoms with Crippen LogP contribution in [0.25, 0.3) is 10.9 Å². The number of rotatable bonds is 4. The van der Waals surface area contributed by atoms with Crippen molar-refractivity contribution in [2.24, 2.45) is 0 Å². The maximum absolute atomic E-state index is 14.3. The van der Waals surface area contributed by atoms with Crippen LogP contribution in [0.4, 0.5) is 4.39 Å². The van der Waals surface area contributed by atoms with Crippen molar-refractivity contribution in [3.05, 3.63) is 65.6 Å². The lowest BCUT2D eigenvalue weighted by Gasteiger charge is -2.25. The van der Waals surface area contributed by atoms with Crippen LogP contribution in [0.1, 0.15) is 17.2 Å². The molecule has 0 aliphatic rings. The molecule has 0 saturated heterocycles. The maximum Gasteiger partial charge on any atom is 0.128 e. The summed E-state index contributed by atoms with van der Waals surface area (Å²) in [6, 6.07) is 12.6. The third kappa shape index (κ3) is 2.46. The highest BCUT2D eigenvalue weighted by Gasteiger charge is 2.23. The van der Waals surface area contributed by atoms with E-state index in [0.29, 0.717) is 5.56 Å². The summed E-state index contributed by atoms with van der Waals surface area (Å²) in [6.07, 6.45) is 1.95. The number of methoxy groups -OCH3 is 1. The van der Waals surface area contributed by atoms with E-state index in [2.05, 4.69) is 4.98 Å². The van der Waals surface area contributed by atoms with Gasteiger partial charge in [0.1, 0.15) is 11.6 Å². The van der Waals surface area contributed by atoms with E-state index < -0.39 is 0 Å². The molecule has 0 saturated carbocycles. The minimum atomic E-state index is -0.196. The molecule has 0 amide bonds. The molecule has 4 heteroatoms. The molecule has 3 aromatic rings. The Kier molecular flexibility index (Phi) is 3.86. The third-order valence-corrected chi connectivity index (χ3v) is 3.93. The van der Waals surface area contributed by atoms with Gasteiger partial charge in [0.05, 0.1) is 13.2 Å². The zero-order valence-electron chi connectivity index (χ0n) is 12.9. The van der Waals surface area contributed by atoms with E-state index in [1.807, 2.05) is 55.5 Å². The molecule has 1 aromatic heterocycles. The minimum Gasteiger partial charge on any atom is -0.497 e. The summed E-state index contributed by atoms with van der Waals surface area (Å²) < 4.78 is 19.6. The van der Waals surface area contributed by atoms with Gasteiger partial charge in [0.2, 0.25) is 0 Å². The lowest BCUT2D eigenvalue weighted by atomic mass is 9.96. The first kappa shape index (κ1) is 14.6. The monoisotopic (exact) mass is 298 g/mol. The van der Waals surface area contributed by atoms with Crippen LogP contribution >= 0.6 is 0 Å². The van der Waals surface area contributed by atoms with Crippen LogP contribution in [0.15, 0.2) is 48.7 Å². The van der Waals surface area contributed by atoms with E-state index in [1.165, 1.54) is 6.07 Å². The molecule has 0 aliphatic heterocycles. The number of H-pyrrole nitrogens is 1. The van der Waals surface area contributed by atoms with Gasteiger partial charge in [-0.2, -0.15) is 0 Å². The predicted molar refractivity (Wildman–Crippen MR) is 86.8 cm³/mol. The van der Waals surface area contributed by atoms with Crippen LogP contribution in [0.5, 0.6) is 5.75 Å². The number of halogens is 1. The molecule has 0 radical (unpaired) electrons. The number of hydrogen-bond acceptors (Lipinski definition) is 2. The van der Waals surface area contributed by atoms with Crippen molar-refractivity contribution < 1.29 is 9.13 Å². The van der Waals surface area contributed by atoms with Gasteiger partial charge in [0.15, 0.2) is 0 Å². The largest absolute Gasteiger partial charge is 0.497 e. The number of benzene rings is 2. The van der Waals surface area contributed by atoms with E-state index in [0.717, 1.165) is 22.2 Å². The lowest BCUT2D eigenvalue weighted by molar-refractivity contribution is 0.335. The maximum atomic E-state index is 14.3. The molecule has 0 fully saturated rings. The summed E-state index contributed by atoms with van der Waals surface area (Å²) in [5.41, 5.74) is 2.71. The summed E-state index contributed by atoms with van der Waals surface area (Å²) in [6.45, 7) is 0. The zero-order valence-corrected chi connectivity index (χ0v) is 12.9. The second-order valence-corrected chi connectivity index (χ2v) is 5.54. The fourth-order valence-electron chi connectivity index (χ4n) is 2.90. The number of nitrogens with zero attached hydrogens (tertiary/aromatic N) is 1. The smallest absolute Gasteiger partial charge is 0.128 e. The van der Waals surface area contributed by atoms with E-state index in [9.17, 15) is 4.39 Å². The van der Waals surface area contributed by atoms with E-state index in [4.69, 9.17) is 4.74 Å². The first-order valence-corrected chi connectivity index (χ1v) is 7.17. The minimum absolute atomic E-state index is 0.165. The standard InChI is InChI=1S/C18H19FN2O/c1-21(2)18(13-6-4-5-7-16(13)19)15-11-20-17-9-8-12(22-3)10-14(15)17/h4-11,18,20H,1-3H3. The Morgan fingerprint density at radius 3 is 2.55 bits per heavy atom. The molecule has 0 aliphatic carbocycles. The van der Waals surface area contributed by atoms with Crippen molar-refractivity contribution in [1.29, 1.82) is 0 Å². The van der Waals surface area contributed by atoms with Gasteiger partial charge >= 0.3 is 0 Å². The fourth-order valence-corrected chi connectivity index (χ4v) is 2.90. The molecule has 0 bridgehead atoms. The second kappa shape index (κ2) is 5.81. The average Bonchev–Trinajstić information content (AvgIpc) is 2.92. The topological polar surface area (TPSA) is 28.3 Å². The summed E-state index contributed by atoms with van der Waals surface area (Å²) in [7, 11) is 5.56. The number of fused-ring (bicyclic) bond motifs is 1. The predicted octanol–water partition coefficient (Wildman–Crippen LogP) is 3.97. The van der Waals surface area contributed by atoms with Crippen LogP contribution in [0.2, 0.25) is 0 Å². The van der Waals surface area contributed by atoms with Gasteiger partial charge in [0.25, 0.3) is 0 Å². The number of hydrogen-bond donors (Lipinski definition) is 1. The molecule has 0 spiro atoms. The Morgan fingerprint density at radius 1 is 1.09 bits per heavy atom. The Balaban J connectivity index is 2.19. The van der Waals surface area contributed by atoms with Crippen molar-refractivity contribution in [3.63, 3.8) is 0 Å². The van der Waals surface area contributed by atoms with Crippen molar-refractivity contribution in [2.45, 2.75) is 6.04 Å². The Hall–Kier alpha value is -2.33. The summed E-state index contributed by atoms with van der Waals surface area (Å²) in [5.74, 6) is 0.595. The highest BCUT2D eigenvalue weighted by Crippen LogP contribution is 2.34. The Bertz CT molecular complexity index is 795. The summed E-state index contributed by atoms with van der Waals surface area (Å²) in [5, 5.41) is 1.04. The van der Waals surface area contributed by atoms with Crippen molar-refractivity contribution in [2.75, 3.05) is 21.2 Å². The molecular weight excluding hydrogens is 279 g/mol. The number of nitrogens with one attached hydrogen (secondary N) is 1. The van der Waals surface area contributed by atoms with Gasteiger partial charge in [-0.3, -0.25) is 4.90 Å². The van der Waals surface area contributed by atoms with E-state index in [1.54, 1.807) is 13.2 Å². The number of aromatic amines is 1. The molecule has 3 rings (SSSR count). The highest BCUT2D eigenvalue weighted by atomic mass is 19.1. The van der Waals surface area contributed by atoms with E-state index >= 15 is 0 Å². The van der Waals surface area contributed by atoms with Gasteiger partial charge in [0, 0.05) is 22.7 Å². The Labute approximate surface area is 129 Å². The highest BCUT2D eigenvalue weighted by molar-refractivity contribution is 5.85. The van der Waals surface area contributed by atoms with Gasteiger partial charge in [-0.05, 0) is 43.9 Å². The van der Waals surface area contributed by atoms with Crippen molar-refractivity contribution >= 4 is 10.9 Å². The average molecular weight is 298 g/mol. The fraction of sp³-hybridized carbons (Fsp3) is 0.222. The molecule has 1 heterocycles. The molecular formula is C18H19FN2O. The van der Waals surface area contributed by atoms with Crippen LogP contribution < -0.4 is 4.74 Å². The molecule has 22 heavy (non-hydrogen) atoms. The first-order valence-electron chi connectivity index (χ1n) is 7.17. The van der Waals surface area contributed by atoms with Crippen molar-refractivity contribution in [1.82, 2.24) is 9.88 Å². The molecule has 3 nitrogen and oxygen atoms in total. The summed E-state index contributed by atoms with van der Waals surface area (Å²) in [4.78, 5) is 5.27. The third-order valence-electron chi connectivity index (χ3n) is 3.93. The Morgan fingerprint density at radius 2 is 1.86 bits per heavy atom. The van der Waals surface area contributed by atoms with Gasteiger partial charge in [-0.15, -0.1) is 0 Å². The molecule has 1 unspecified atom stereocenters. The molecule has 1 atom stereocenters. The molecule has 1 N–H and O–H groups in total. The van der Waals surface area contributed by atoms with E-state index in [-0.39, 0.29) is 11.9 Å². The van der Waals surface area contributed by atoms with Crippen LogP contribution in [0.3, 0.4) is 0 Å². The molecule has 114 valence electrons. The van der Waals surface area contributed by atoms with Crippen molar-refractivity contribution in [3.8, 4) is 5.75 Å². The SMILES string of the molecule is COc1ccc2[nH]cc(C(c3ccccc3F)N(C)C)c2c1. The molecule has 2 aromatic carbocycles. The quantitative estimate of drug-likeness (QED) is 0.789. The lowest BCUT2D eigenvalue weighted by Crippen LogP contribution is -2.21. The van der Waals surface area contributed by atoms with Gasteiger partial charge in [-0.25, -0.2) is 4.39 Å². The first-order chi connectivity index (χ1) is 10.6. The van der Waals surface area contributed by atoms with Gasteiger partial charge < -0.3 is 9.72 Å².